The fraction of sp³-hybridized carbons (Fsp3) is 0.200. The maximum absolute atomic E-state index is 11.9. The summed E-state index contributed by atoms with van der Waals surface area (Å²) in [6, 6.07) is 14.5. The zero-order valence-corrected chi connectivity index (χ0v) is 13.6. The van der Waals surface area contributed by atoms with Gasteiger partial charge in [-0.25, -0.2) is 0 Å². The molecule has 0 spiro atoms. The van der Waals surface area contributed by atoms with E-state index in [4.69, 9.17) is 5.73 Å². The van der Waals surface area contributed by atoms with Gasteiger partial charge in [-0.2, -0.15) is 0 Å². The maximum Gasteiger partial charge on any atom is 0.248 e. The van der Waals surface area contributed by atoms with Crippen LogP contribution in [0.4, 0.5) is 0 Å². The second-order valence-corrected chi connectivity index (χ2v) is 6.02. The molecule has 0 bridgehead atoms. The summed E-state index contributed by atoms with van der Waals surface area (Å²) in [5.74, 6) is 5.22. The van der Waals surface area contributed by atoms with E-state index in [2.05, 4.69) is 17.2 Å². The molecule has 2 amide bonds. The molecule has 0 aromatic heterocycles. The summed E-state index contributed by atoms with van der Waals surface area (Å²) in [4.78, 5) is 23.3. The lowest BCUT2D eigenvalue weighted by Gasteiger charge is -2.15. The third kappa shape index (κ3) is 3.39. The van der Waals surface area contributed by atoms with Crippen molar-refractivity contribution in [3.05, 3.63) is 59.7 Å². The fourth-order valence-corrected chi connectivity index (χ4v) is 2.80. The number of hydrogen-bond donors (Lipinski definition) is 3. The van der Waals surface area contributed by atoms with Crippen LogP contribution in [0.15, 0.2) is 48.5 Å². The molecule has 5 nitrogen and oxygen atoms in total. The zero-order valence-electron chi connectivity index (χ0n) is 13.6. The average molecular weight is 334 g/mol. The average Bonchev–Trinajstić information content (AvgIpc) is 3.01. The minimum atomic E-state index is -1.03. The van der Waals surface area contributed by atoms with Crippen molar-refractivity contribution in [3.63, 3.8) is 0 Å². The Balaban J connectivity index is 1.93. The van der Waals surface area contributed by atoms with Crippen LogP contribution in [0, 0.1) is 17.3 Å². The molecule has 1 atom stereocenters. The summed E-state index contributed by atoms with van der Waals surface area (Å²) in [6.07, 6.45) is 0.496. The maximum atomic E-state index is 11.9. The van der Waals surface area contributed by atoms with Crippen LogP contribution in [-0.2, 0) is 4.79 Å². The number of nitrogens with two attached hydrogens (primary N) is 1. The van der Waals surface area contributed by atoms with E-state index < -0.39 is 11.3 Å². The van der Waals surface area contributed by atoms with Crippen molar-refractivity contribution in [2.24, 2.45) is 11.1 Å². The molecule has 1 fully saturated rings. The first-order valence-electron chi connectivity index (χ1n) is 7.97. The van der Waals surface area contributed by atoms with E-state index in [0.29, 0.717) is 18.5 Å². The lowest BCUT2D eigenvalue weighted by atomic mass is 9.88. The van der Waals surface area contributed by atoms with Gasteiger partial charge in [-0.05, 0) is 41.8 Å². The SMILES string of the molecule is NC(=O)c1cccc(-c2cccc(C#C[C@@]3(CO)CCNC3=O)c2)c1. The third-order valence-electron chi connectivity index (χ3n) is 4.33. The van der Waals surface area contributed by atoms with Crippen molar-refractivity contribution in [1.29, 1.82) is 0 Å². The molecule has 1 saturated heterocycles. The Labute approximate surface area is 145 Å². The quantitative estimate of drug-likeness (QED) is 0.739. The molecule has 25 heavy (non-hydrogen) atoms. The monoisotopic (exact) mass is 334 g/mol. The second kappa shape index (κ2) is 6.80. The minimum Gasteiger partial charge on any atom is -0.394 e. The molecule has 2 aromatic carbocycles. The Hall–Kier alpha value is -3.10. The number of aliphatic hydroxyl groups excluding tert-OH is 1. The molecule has 5 heteroatoms. The molecule has 1 aliphatic rings. The van der Waals surface area contributed by atoms with E-state index in [0.717, 1.165) is 16.7 Å². The number of rotatable bonds is 3. The van der Waals surface area contributed by atoms with E-state index in [1.807, 2.05) is 30.3 Å². The van der Waals surface area contributed by atoms with Gasteiger partial charge in [0.2, 0.25) is 11.8 Å². The fourth-order valence-electron chi connectivity index (χ4n) is 2.80. The van der Waals surface area contributed by atoms with Gasteiger partial charge in [0, 0.05) is 17.7 Å². The molecule has 4 N–H and O–H groups in total. The first kappa shape index (κ1) is 16.7. The van der Waals surface area contributed by atoms with Crippen molar-refractivity contribution in [1.82, 2.24) is 5.32 Å². The van der Waals surface area contributed by atoms with Crippen LogP contribution in [0.3, 0.4) is 0 Å². The van der Waals surface area contributed by atoms with Crippen LogP contribution >= 0.6 is 0 Å². The number of aliphatic hydroxyl groups is 1. The number of hydrogen-bond acceptors (Lipinski definition) is 3. The molecule has 3 rings (SSSR count). The standard InChI is InChI=1S/C20H18N2O3/c21-18(24)17-6-2-5-16(12-17)15-4-1-3-14(11-15)7-8-20(13-23)9-10-22-19(20)25/h1-6,11-12,23H,9-10,13H2,(H2,21,24)(H,22,25)/t20-/m0/s1. The predicted octanol–water partition coefficient (Wildman–Crippen LogP) is 1.30. The minimum absolute atomic E-state index is 0.229. The predicted molar refractivity (Wildman–Crippen MR) is 94.4 cm³/mol. The summed E-state index contributed by atoms with van der Waals surface area (Å²) in [7, 11) is 0. The normalized spacial score (nSPS) is 19.0. The topological polar surface area (TPSA) is 92.4 Å². The number of carbonyl (C=O) groups is 2. The smallest absolute Gasteiger partial charge is 0.248 e. The Morgan fingerprint density at radius 1 is 1.20 bits per heavy atom. The third-order valence-corrected chi connectivity index (χ3v) is 4.33. The van der Waals surface area contributed by atoms with E-state index >= 15 is 0 Å². The number of primary amides is 1. The molecule has 0 radical (unpaired) electrons. The van der Waals surface area contributed by atoms with Crippen LogP contribution in [0.1, 0.15) is 22.3 Å². The summed E-state index contributed by atoms with van der Waals surface area (Å²) in [5.41, 5.74) is 7.22. The van der Waals surface area contributed by atoms with Crippen molar-refractivity contribution >= 4 is 11.8 Å². The van der Waals surface area contributed by atoms with Gasteiger partial charge in [0.15, 0.2) is 0 Å². The number of benzene rings is 2. The van der Waals surface area contributed by atoms with Crippen LogP contribution < -0.4 is 11.1 Å². The van der Waals surface area contributed by atoms with Crippen molar-refractivity contribution < 1.29 is 14.7 Å². The van der Waals surface area contributed by atoms with Crippen molar-refractivity contribution in [2.45, 2.75) is 6.42 Å². The molecule has 0 unspecified atom stereocenters. The molecule has 126 valence electrons. The Kier molecular flexibility index (Phi) is 4.55. The number of carbonyl (C=O) groups excluding carboxylic acids is 2. The highest BCUT2D eigenvalue weighted by Crippen LogP contribution is 2.26. The Morgan fingerprint density at radius 2 is 1.92 bits per heavy atom. The van der Waals surface area contributed by atoms with E-state index in [-0.39, 0.29) is 12.5 Å². The number of nitrogens with one attached hydrogen (secondary N) is 1. The summed E-state index contributed by atoms with van der Waals surface area (Å²) >= 11 is 0. The molecule has 0 saturated carbocycles. The highest BCUT2D eigenvalue weighted by Gasteiger charge is 2.40. The van der Waals surface area contributed by atoms with Gasteiger partial charge in [-0.15, -0.1) is 0 Å². The Bertz CT molecular complexity index is 895. The van der Waals surface area contributed by atoms with Gasteiger partial charge < -0.3 is 16.2 Å². The van der Waals surface area contributed by atoms with Crippen molar-refractivity contribution in [3.8, 4) is 23.0 Å². The van der Waals surface area contributed by atoms with E-state index in [9.17, 15) is 14.7 Å². The summed E-state index contributed by atoms with van der Waals surface area (Å²) < 4.78 is 0. The zero-order chi connectivity index (χ0) is 17.9. The largest absolute Gasteiger partial charge is 0.394 e. The Morgan fingerprint density at radius 3 is 2.56 bits per heavy atom. The van der Waals surface area contributed by atoms with Gasteiger partial charge in [-0.1, -0.05) is 36.1 Å². The van der Waals surface area contributed by atoms with E-state index in [1.54, 1.807) is 18.2 Å². The lowest BCUT2D eigenvalue weighted by molar-refractivity contribution is -0.126. The van der Waals surface area contributed by atoms with Crippen LogP contribution in [-0.4, -0.2) is 30.1 Å². The summed E-state index contributed by atoms with van der Waals surface area (Å²) in [5, 5.41) is 12.3. The lowest BCUT2D eigenvalue weighted by Crippen LogP contribution is -2.33. The van der Waals surface area contributed by atoms with Gasteiger partial charge >= 0.3 is 0 Å². The first-order chi connectivity index (χ1) is 12.0. The van der Waals surface area contributed by atoms with Gasteiger partial charge in [0.1, 0.15) is 5.41 Å². The van der Waals surface area contributed by atoms with Gasteiger partial charge in [-0.3, -0.25) is 9.59 Å². The van der Waals surface area contributed by atoms with Gasteiger partial charge in [0.05, 0.1) is 6.61 Å². The van der Waals surface area contributed by atoms with Crippen LogP contribution in [0.5, 0.6) is 0 Å². The van der Waals surface area contributed by atoms with Gasteiger partial charge in [0.25, 0.3) is 0 Å². The molecular weight excluding hydrogens is 316 g/mol. The molecular formula is C20H18N2O3. The number of amides is 2. The molecule has 1 heterocycles. The highest BCUT2D eigenvalue weighted by molar-refractivity contribution is 5.94. The first-order valence-corrected chi connectivity index (χ1v) is 7.97. The van der Waals surface area contributed by atoms with Crippen LogP contribution in [0.25, 0.3) is 11.1 Å². The van der Waals surface area contributed by atoms with Crippen molar-refractivity contribution in [2.75, 3.05) is 13.2 Å². The highest BCUT2D eigenvalue weighted by atomic mass is 16.3. The van der Waals surface area contributed by atoms with Crippen LogP contribution in [0.2, 0.25) is 0 Å². The molecule has 1 aliphatic heterocycles. The van der Waals surface area contributed by atoms with E-state index in [1.165, 1.54) is 0 Å². The second-order valence-electron chi connectivity index (χ2n) is 6.02. The molecule has 0 aliphatic carbocycles. The molecule has 2 aromatic rings. The summed E-state index contributed by atoms with van der Waals surface area (Å²) in [6.45, 7) is 0.222.